The zero-order valence-electron chi connectivity index (χ0n) is 14.3. The molecule has 5 nitrogen and oxygen atoms in total. The number of carbonyl (C=O) groups excluding carboxylic acids is 1. The molecule has 0 aromatic heterocycles. The lowest BCUT2D eigenvalue weighted by Gasteiger charge is -2.14. The molecule has 128 valence electrons. The van der Waals surface area contributed by atoms with E-state index in [2.05, 4.69) is 5.32 Å². The van der Waals surface area contributed by atoms with Gasteiger partial charge in [-0.25, -0.2) is 0 Å². The number of benzene rings is 2. The highest BCUT2D eigenvalue weighted by Gasteiger charge is 2.30. The molecule has 1 aliphatic rings. The van der Waals surface area contributed by atoms with Crippen molar-refractivity contribution < 1.29 is 9.53 Å². The maximum absolute atomic E-state index is 12.4. The summed E-state index contributed by atoms with van der Waals surface area (Å²) in [6.07, 6.45) is 1.84. The molecule has 1 amide bonds. The number of guanidine groups is 1. The Kier molecular flexibility index (Phi) is 4.84. The fraction of sp³-hybridized carbons (Fsp3) is 0.200. The number of nitrogens with zero attached hydrogens (tertiary/aromatic N) is 1. The van der Waals surface area contributed by atoms with Gasteiger partial charge in [0.15, 0.2) is 0 Å². The lowest BCUT2D eigenvalue weighted by Crippen LogP contribution is -2.30. The molecule has 2 aromatic carbocycles. The average molecular weight is 335 g/mol. The predicted octanol–water partition coefficient (Wildman–Crippen LogP) is 3.89. The monoisotopic (exact) mass is 335 g/mol. The van der Waals surface area contributed by atoms with E-state index >= 15 is 0 Å². The Morgan fingerprint density at radius 3 is 2.36 bits per heavy atom. The molecule has 0 saturated carbocycles. The first-order valence-electron chi connectivity index (χ1n) is 8.24. The van der Waals surface area contributed by atoms with Crippen molar-refractivity contribution >= 4 is 11.9 Å². The van der Waals surface area contributed by atoms with Gasteiger partial charge in [-0.15, -0.1) is 0 Å². The van der Waals surface area contributed by atoms with Crippen LogP contribution in [-0.2, 0) is 11.3 Å². The first kappa shape index (κ1) is 16.8. The largest absolute Gasteiger partial charge is 0.457 e. The van der Waals surface area contributed by atoms with Crippen molar-refractivity contribution in [2.24, 2.45) is 5.92 Å². The molecule has 3 rings (SSSR count). The van der Waals surface area contributed by atoms with Crippen LogP contribution in [0.3, 0.4) is 0 Å². The molecule has 0 radical (unpaired) electrons. The summed E-state index contributed by atoms with van der Waals surface area (Å²) < 4.78 is 5.76. The van der Waals surface area contributed by atoms with E-state index in [1.165, 1.54) is 4.90 Å². The SMILES string of the molecule is CC(C)/C=C1\NC(=N)N(Cc2ccc(Oc3ccccc3)cc2)C1=O. The standard InChI is InChI=1S/C20H21N3O2/c1-14(2)12-18-19(24)23(20(21)22-18)13-15-8-10-17(11-9-15)25-16-6-4-3-5-7-16/h3-12,14H,13H2,1-2H3,(H2,21,22)/b18-12-. The van der Waals surface area contributed by atoms with E-state index in [1.54, 1.807) is 0 Å². The minimum Gasteiger partial charge on any atom is -0.457 e. The van der Waals surface area contributed by atoms with Crippen molar-refractivity contribution in [2.45, 2.75) is 20.4 Å². The quantitative estimate of drug-likeness (QED) is 0.815. The van der Waals surface area contributed by atoms with E-state index in [4.69, 9.17) is 10.1 Å². The van der Waals surface area contributed by atoms with Gasteiger partial charge in [0, 0.05) is 0 Å². The second-order valence-corrected chi connectivity index (χ2v) is 6.25. The van der Waals surface area contributed by atoms with E-state index in [1.807, 2.05) is 74.5 Å². The maximum atomic E-state index is 12.4. The fourth-order valence-electron chi connectivity index (χ4n) is 2.56. The lowest BCUT2D eigenvalue weighted by molar-refractivity contribution is -0.122. The predicted molar refractivity (Wildman–Crippen MR) is 97.3 cm³/mol. The molecule has 0 spiro atoms. The molecule has 2 N–H and O–H groups in total. The van der Waals surface area contributed by atoms with Crippen LogP contribution in [0.2, 0.25) is 0 Å². The molecule has 1 saturated heterocycles. The molecule has 2 aromatic rings. The van der Waals surface area contributed by atoms with Crippen molar-refractivity contribution in [3.05, 3.63) is 71.9 Å². The van der Waals surface area contributed by atoms with Crippen LogP contribution in [0.15, 0.2) is 66.4 Å². The van der Waals surface area contributed by atoms with Crippen LogP contribution in [0, 0.1) is 11.3 Å². The van der Waals surface area contributed by atoms with E-state index in [0.29, 0.717) is 12.2 Å². The van der Waals surface area contributed by atoms with E-state index in [9.17, 15) is 4.79 Å². The van der Waals surface area contributed by atoms with Crippen molar-refractivity contribution in [3.63, 3.8) is 0 Å². The zero-order valence-corrected chi connectivity index (χ0v) is 14.3. The van der Waals surface area contributed by atoms with Crippen LogP contribution in [-0.4, -0.2) is 16.8 Å². The number of hydrogen-bond acceptors (Lipinski definition) is 3. The van der Waals surface area contributed by atoms with Gasteiger partial charge in [0.1, 0.15) is 17.2 Å². The number of rotatable bonds is 5. The number of amides is 1. The summed E-state index contributed by atoms with van der Waals surface area (Å²) >= 11 is 0. The topological polar surface area (TPSA) is 65.4 Å². The third kappa shape index (κ3) is 4.07. The molecule has 0 unspecified atom stereocenters. The third-order valence-corrected chi connectivity index (χ3v) is 3.74. The van der Waals surface area contributed by atoms with Crippen LogP contribution >= 0.6 is 0 Å². The Bertz CT molecular complexity index is 795. The van der Waals surface area contributed by atoms with Crippen LogP contribution in [0.4, 0.5) is 0 Å². The minimum atomic E-state index is -0.164. The van der Waals surface area contributed by atoms with Crippen LogP contribution < -0.4 is 10.1 Å². The molecule has 1 heterocycles. The highest BCUT2D eigenvalue weighted by atomic mass is 16.5. The molecule has 1 fully saturated rings. The summed E-state index contributed by atoms with van der Waals surface area (Å²) in [4.78, 5) is 13.8. The van der Waals surface area contributed by atoms with E-state index in [0.717, 1.165) is 17.1 Å². The van der Waals surface area contributed by atoms with Crippen molar-refractivity contribution in [2.75, 3.05) is 0 Å². The van der Waals surface area contributed by atoms with Crippen molar-refractivity contribution in [1.82, 2.24) is 10.2 Å². The van der Waals surface area contributed by atoms with Gasteiger partial charge in [-0.2, -0.15) is 0 Å². The normalized spacial score (nSPS) is 15.8. The van der Waals surface area contributed by atoms with E-state index < -0.39 is 0 Å². The minimum absolute atomic E-state index is 0.113. The number of hydrogen-bond donors (Lipinski definition) is 2. The summed E-state index contributed by atoms with van der Waals surface area (Å²) in [7, 11) is 0. The van der Waals surface area contributed by atoms with Gasteiger partial charge < -0.3 is 10.1 Å². The van der Waals surface area contributed by atoms with Gasteiger partial charge in [0.2, 0.25) is 5.96 Å². The zero-order chi connectivity index (χ0) is 17.8. The number of nitrogens with one attached hydrogen (secondary N) is 2. The summed E-state index contributed by atoms with van der Waals surface area (Å²) in [5, 5.41) is 10.8. The molecule has 25 heavy (non-hydrogen) atoms. The number of carbonyl (C=O) groups is 1. The Morgan fingerprint density at radius 2 is 1.72 bits per heavy atom. The number of allylic oxidation sites excluding steroid dienone is 1. The fourth-order valence-corrected chi connectivity index (χ4v) is 2.56. The summed E-state index contributed by atoms with van der Waals surface area (Å²) in [6, 6.07) is 17.1. The summed E-state index contributed by atoms with van der Waals surface area (Å²) in [5.74, 6) is 1.70. The lowest BCUT2D eigenvalue weighted by atomic mass is 10.1. The Balaban J connectivity index is 1.67. The first-order chi connectivity index (χ1) is 12.0. The van der Waals surface area contributed by atoms with Crippen LogP contribution in [0.5, 0.6) is 11.5 Å². The Labute approximate surface area is 147 Å². The second kappa shape index (κ2) is 7.21. The Hall–Kier alpha value is -3.08. The van der Waals surface area contributed by atoms with Crippen LogP contribution in [0.1, 0.15) is 19.4 Å². The van der Waals surface area contributed by atoms with Gasteiger partial charge in [-0.05, 0) is 35.7 Å². The van der Waals surface area contributed by atoms with Gasteiger partial charge in [0.05, 0.1) is 6.54 Å². The summed E-state index contributed by atoms with van der Waals surface area (Å²) in [5.41, 5.74) is 1.41. The average Bonchev–Trinajstić information content (AvgIpc) is 2.84. The van der Waals surface area contributed by atoms with Crippen LogP contribution in [0.25, 0.3) is 0 Å². The smallest absolute Gasteiger partial charge is 0.277 e. The van der Waals surface area contributed by atoms with Gasteiger partial charge in [-0.1, -0.05) is 50.3 Å². The molecule has 0 bridgehead atoms. The Morgan fingerprint density at radius 1 is 1.08 bits per heavy atom. The second-order valence-electron chi connectivity index (χ2n) is 6.25. The summed E-state index contributed by atoms with van der Waals surface area (Å²) in [6.45, 7) is 4.35. The molecule has 0 aliphatic carbocycles. The molecule has 1 aliphatic heterocycles. The molecular formula is C20H21N3O2. The first-order valence-corrected chi connectivity index (χ1v) is 8.24. The molecule has 0 atom stereocenters. The van der Waals surface area contributed by atoms with Gasteiger partial charge in [0.25, 0.3) is 5.91 Å². The van der Waals surface area contributed by atoms with Crippen molar-refractivity contribution in [3.8, 4) is 11.5 Å². The van der Waals surface area contributed by atoms with Crippen molar-refractivity contribution in [1.29, 1.82) is 5.41 Å². The molecular weight excluding hydrogens is 314 g/mol. The maximum Gasteiger partial charge on any atom is 0.277 e. The highest BCUT2D eigenvalue weighted by Crippen LogP contribution is 2.22. The van der Waals surface area contributed by atoms with E-state index in [-0.39, 0.29) is 17.8 Å². The highest BCUT2D eigenvalue weighted by molar-refractivity contribution is 6.12. The third-order valence-electron chi connectivity index (χ3n) is 3.74. The van der Waals surface area contributed by atoms with Gasteiger partial charge in [-0.3, -0.25) is 15.1 Å². The number of ether oxygens (including phenoxy) is 1. The molecule has 5 heteroatoms. The van der Waals surface area contributed by atoms with Gasteiger partial charge >= 0.3 is 0 Å². The number of para-hydroxylation sites is 1.